The minimum Gasteiger partial charge on any atom is -0.454 e. The van der Waals surface area contributed by atoms with Gasteiger partial charge in [0, 0.05) is 16.1 Å². The number of benzene rings is 3. The number of allylic oxidation sites excluding steroid dienone is 2. The first kappa shape index (κ1) is 21.8. The number of anilines is 2. The van der Waals surface area contributed by atoms with Gasteiger partial charge in [0.25, 0.3) is 10.0 Å². The molecule has 174 valence electrons. The largest absolute Gasteiger partial charge is 0.454 e. The van der Waals surface area contributed by atoms with Crippen LogP contribution in [-0.2, 0) is 10.0 Å². The topological polar surface area (TPSA) is 76.7 Å². The zero-order valence-electron chi connectivity index (χ0n) is 17.8. The summed E-state index contributed by atoms with van der Waals surface area (Å²) < 4.78 is 40.9. The second-order valence-corrected chi connectivity index (χ2v) is 11.5. The molecular weight excluding hydrogens is 540 g/mol. The van der Waals surface area contributed by atoms with E-state index in [0.29, 0.717) is 10.7 Å². The van der Waals surface area contributed by atoms with Crippen LogP contribution >= 0.6 is 27.5 Å². The lowest BCUT2D eigenvalue weighted by Gasteiger charge is -2.38. The number of hydrogen-bond acceptors (Lipinski definition) is 5. The molecule has 2 N–H and O–H groups in total. The van der Waals surface area contributed by atoms with Gasteiger partial charge in [-0.1, -0.05) is 51.8 Å². The third-order valence-corrected chi connectivity index (χ3v) is 8.97. The van der Waals surface area contributed by atoms with E-state index in [1.165, 1.54) is 0 Å². The van der Waals surface area contributed by atoms with Crippen molar-refractivity contribution in [3.05, 3.63) is 87.4 Å². The maximum Gasteiger partial charge on any atom is 0.261 e. The Hall–Kier alpha value is -2.68. The highest BCUT2D eigenvalue weighted by atomic mass is 79.9. The summed E-state index contributed by atoms with van der Waals surface area (Å²) in [4.78, 5) is 0.203. The quantitative estimate of drug-likeness (QED) is 0.359. The predicted octanol–water partition coefficient (Wildman–Crippen LogP) is 6.46. The minimum absolute atomic E-state index is 0.0279. The van der Waals surface area contributed by atoms with Crippen LogP contribution in [0.1, 0.15) is 29.5 Å². The van der Waals surface area contributed by atoms with Gasteiger partial charge in [0.15, 0.2) is 11.5 Å². The zero-order chi connectivity index (χ0) is 23.4. The van der Waals surface area contributed by atoms with Gasteiger partial charge in [-0.3, -0.25) is 4.72 Å². The number of para-hydroxylation sites is 1. The first-order valence-electron chi connectivity index (χ1n) is 10.8. The molecule has 0 bridgehead atoms. The number of ether oxygens (including phenoxy) is 2. The summed E-state index contributed by atoms with van der Waals surface area (Å²) in [6, 6.07) is 16.0. The van der Waals surface area contributed by atoms with Crippen molar-refractivity contribution in [2.75, 3.05) is 16.8 Å². The lowest BCUT2D eigenvalue weighted by molar-refractivity contribution is 0.174. The van der Waals surface area contributed by atoms with E-state index in [1.54, 1.807) is 36.4 Å². The van der Waals surface area contributed by atoms with Crippen LogP contribution in [0.5, 0.6) is 11.5 Å². The molecule has 0 amide bonds. The number of hydrogen-bond donors (Lipinski definition) is 2. The zero-order valence-corrected chi connectivity index (χ0v) is 21.0. The second kappa shape index (κ2) is 8.22. The first-order valence-corrected chi connectivity index (χ1v) is 13.5. The van der Waals surface area contributed by atoms with Crippen molar-refractivity contribution in [3.8, 4) is 11.5 Å². The van der Waals surface area contributed by atoms with Gasteiger partial charge in [0.05, 0.1) is 21.6 Å². The molecule has 0 saturated carbocycles. The summed E-state index contributed by atoms with van der Waals surface area (Å²) in [6.45, 7) is 0.221. The second-order valence-electron chi connectivity index (χ2n) is 8.54. The van der Waals surface area contributed by atoms with Crippen LogP contribution in [0, 0.1) is 5.92 Å². The van der Waals surface area contributed by atoms with E-state index in [-0.39, 0.29) is 29.6 Å². The molecule has 6 nitrogen and oxygen atoms in total. The molecular formula is C25H20BrClN2O4S. The summed E-state index contributed by atoms with van der Waals surface area (Å²) >= 11 is 9.86. The van der Waals surface area contributed by atoms with Gasteiger partial charge in [-0.15, -0.1) is 0 Å². The Bertz CT molecular complexity index is 1440. The summed E-state index contributed by atoms with van der Waals surface area (Å²) in [7, 11) is -3.80. The third kappa shape index (κ3) is 3.65. The van der Waals surface area contributed by atoms with Crippen molar-refractivity contribution >= 4 is 48.9 Å². The van der Waals surface area contributed by atoms with E-state index >= 15 is 0 Å². The van der Waals surface area contributed by atoms with Crippen molar-refractivity contribution < 1.29 is 17.9 Å². The van der Waals surface area contributed by atoms with Crippen LogP contribution in [0.4, 0.5) is 11.4 Å². The van der Waals surface area contributed by atoms with E-state index in [9.17, 15) is 8.42 Å². The fraction of sp³-hybridized carbons (Fsp3) is 0.200. The molecule has 2 heterocycles. The highest BCUT2D eigenvalue weighted by Gasteiger charge is 2.39. The average molecular weight is 560 g/mol. The SMILES string of the molecule is O=S(=O)(Nc1ccccc1Cl)c1ccc2c(c1)[C@H]1C=CC[C@H]1[C@@H](c1cc3c(cc1Br)OCO3)N2. The maximum absolute atomic E-state index is 13.1. The number of sulfonamides is 1. The third-order valence-electron chi connectivity index (χ3n) is 6.59. The molecule has 0 aromatic heterocycles. The Morgan fingerprint density at radius 2 is 1.82 bits per heavy atom. The van der Waals surface area contributed by atoms with Gasteiger partial charge in [-0.25, -0.2) is 8.42 Å². The van der Waals surface area contributed by atoms with Crippen molar-refractivity contribution in [1.82, 2.24) is 0 Å². The minimum atomic E-state index is -3.80. The van der Waals surface area contributed by atoms with Gasteiger partial charge in [-0.05, 0) is 65.9 Å². The summed E-state index contributed by atoms with van der Waals surface area (Å²) in [5.41, 5.74) is 3.32. The molecule has 6 rings (SSSR count). The summed E-state index contributed by atoms with van der Waals surface area (Å²) in [5, 5.41) is 4.00. The summed E-state index contributed by atoms with van der Waals surface area (Å²) in [6.07, 6.45) is 5.23. The number of rotatable bonds is 4. The molecule has 3 atom stereocenters. The Morgan fingerprint density at radius 1 is 1.03 bits per heavy atom. The van der Waals surface area contributed by atoms with E-state index in [0.717, 1.165) is 39.2 Å². The standard InChI is InChI=1S/C25H20BrClN2O4S/c26-19-12-24-23(32-13-33-24)11-18(19)25-16-5-3-4-15(16)17-10-14(8-9-21(17)28-25)34(30,31)29-22-7-2-1-6-20(22)27/h1-4,6-12,15-16,25,28-29H,5,13H2/t15-,16+,25-/m0/s1. The molecule has 0 spiro atoms. The Morgan fingerprint density at radius 3 is 2.65 bits per heavy atom. The maximum atomic E-state index is 13.1. The fourth-order valence-corrected chi connectivity index (χ4v) is 6.89. The highest BCUT2D eigenvalue weighted by Crippen LogP contribution is 2.52. The normalized spacial score (nSPS) is 22.1. The van der Waals surface area contributed by atoms with E-state index in [4.69, 9.17) is 21.1 Å². The Kier molecular flexibility index (Phi) is 5.28. The van der Waals surface area contributed by atoms with Crippen LogP contribution in [-0.4, -0.2) is 15.2 Å². The lowest BCUT2D eigenvalue weighted by Crippen LogP contribution is -2.29. The van der Waals surface area contributed by atoms with Crippen molar-refractivity contribution in [2.45, 2.75) is 23.3 Å². The molecule has 3 aromatic carbocycles. The van der Waals surface area contributed by atoms with E-state index < -0.39 is 10.0 Å². The van der Waals surface area contributed by atoms with Crippen LogP contribution in [0.25, 0.3) is 0 Å². The fourth-order valence-electron chi connectivity index (χ4n) is 4.97. The molecule has 3 aliphatic rings. The van der Waals surface area contributed by atoms with Gasteiger partial charge in [-0.2, -0.15) is 0 Å². The van der Waals surface area contributed by atoms with Crippen LogP contribution in [0.2, 0.25) is 5.02 Å². The van der Waals surface area contributed by atoms with Gasteiger partial charge in [0.2, 0.25) is 6.79 Å². The molecule has 0 saturated heterocycles. The Balaban J connectivity index is 1.36. The van der Waals surface area contributed by atoms with Crippen LogP contribution in [0.3, 0.4) is 0 Å². The molecule has 34 heavy (non-hydrogen) atoms. The van der Waals surface area contributed by atoms with Crippen molar-refractivity contribution in [1.29, 1.82) is 0 Å². The molecule has 2 aliphatic heterocycles. The molecule has 3 aromatic rings. The van der Waals surface area contributed by atoms with Gasteiger partial charge in [0.1, 0.15) is 0 Å². The summed E-state index contributed by atoms with van der Waals surface area (Å²) in [5.74, 6) is 1.79. The molecule has 0 unspecified atom stereocenters. The number of halogens is 2. The van der Waals surface area contributed by atoms with Gasteiger partial charge < -0.3 is 14.8 Å². The molecule has 0 fully saturated rings. The first-order chi connectivity index (χ1) is 16.4. The Labute approximate surface area is 211 Å². The lowest BCUT2D eigenvalue weighted by atomic mass is 9.77. The van der Waals surface area contributed by atoms with E-state index in [2.05, 4.69) is 38.1 Å². The number of fused-ring (bicyclic) bond motifs is 4. The smallest absolute Gasteiger partial charge is 0.261 e. The van der Waals surface area contributed by atoms with Crippen LogP contribution < -0.4 is 19.5 Å². The van der Waals surface area contributed by atoms with Crippen molar-refractivity contribution in [2.24, 2.45) is 5.92 Å². The average Bonchev–Trinajstić information content (AvgIpc) is 3.49. The van der Waals surface area contributed by atoms with Crippen molar-refractivity contribution in [3.63, 3.8) is 0 Å². The van der Waals surface area contributed by atoms with Gasteiger partial charge >= 0.3 is 0 Å². The predicted molar refractivity (Wildman–Crippen MR) is 135 cm³/mol. The van der Waals surface area contributed by atoms with Crippen LogP contribution in [0.15, 0.2) is 76.1 Å². The monoisotopic (exact) mass is 558 g/mol. The number of nitrogens with one attached hydrogen (secondary N) is 2. The molecule has 0 radical (unpaired) electrons. The molecule has 1 aliphatic carbocycles. The highest BCUT2D eigenvalue weighted by molar-refractivity contribution is 9.10. The molecule has 9 heteroatoms. The van der Waals surface area contributed by atoms with E-state index in [1.807, 2.05) is 18.2 Å².